The Morgan fingerprint density at radius 2 is 1.95 bits per heavy atom. The maximum absolute atomic E-state index is 12.1. The van der Waals surface area contributed by atoms with Gasteiger partial charge in [-0.05, 0) is 25.2 Å². The molecule has 1 heterocycles. The molecule has 19 heavy (non-hydrogen) atoms. The summed E-state index contributed by atoms with van der Waals surface area (Å²) in [4.78, 5) is 8.13. The van der Waals surface area contributed by atoms with Crippen LogP contribution in [-0.4, -0.2) is 31.0 Å². The third-order valence-electron chi connectivity index (χ3n) is 3.17. The van der Waals surface area contributed by atoms with E-state index < -0.39 is 10.0 Å². The molecule has 0 saturated heterocycles. The number of sulfonamides is 1. The normalized spacial score (nSPS) is 22.8. The second-order valence-electron chi connectivity index (χ2n) is 5.06. The first kappa shape index (κ1) is 14.2. The smallest absolute Gasteiger partial charge is 0.243 e. The van der Waals surface area contributed by atoms with Gasteiger partial charge in [0.1, 0.15) is 4.90 Å². The minimum Gasteiger partial charge on any atom is -0.354 e. The number of rotatable bonds is 6. The quantitative estimate of drug-likeness (QED) is 0.824. The molecule has 2 N–H and O–H groups in total. The van der Waals surface area contributed by atoms with Gasteiger partial charge in [-0.1, -0.05) is 13.8 Å². The molecule has 1 aromatic rings. The lowest BCUT2D eigenvalue weighted by Gasteiger charge is -2.32. The monoisotopic (exact) mass is 284 g/mol. The van der Waals surface area contributed by atoms with E-state index in [1.807, 2.05) is 6.92 Å². The van der Waals surface area contributed by atoms with Crippen LogP contribution in [-0.2, 0) is 10.0 Å². The molecule has 1 fully saturated rings. The molecule has 0 unspecified atom stereocenters. The highest BCUT2D eigenvalue weighted by molar-refractivity contribution is 7.89. The van der Waals surface area contributed by atoms with Gasteiger partial charge in [0.25, 0.3) is 0 Å². The van der Waals surface area contributed by atoms with Crippen molar-refractivity contribution < 1.29 is 8.42 Å². The average molecular weight is 284 g/mol. The predicted molar refractivity (Wildman–Crippen MR) is 73.3 cm³/mol. The summed E-state index contributed by atoms with van der Waals surface area (Å²) >= 11 is 0. The fraction of sp³-hybridized carbons (Fsp3) is 0.667. The highest BCUT2D eigenvalue weighted by Gasteiger charge is 2.30. The molecular weight excluding hydrogens is 264 g/mol. The van der Waals surface area contributed by atoms with E-state index in [1.165, 1.54) is 12.4 Å². The van der Waals surface area contributed by atoms with Crippen molar-refractivity contribution in [2.24, 2.45) is 5.92 Å². The second-order valence-corrected chi connectivity index (χ2v) is 6.78. The summed E-state index contributed by atoms with van der Waals surface area (Å²) < 4.78 is 26.8. The van der Waals surface area contributed by atoms with Gasteiger partial charge in [-0.2, -0.15) is 0 Å². The molecule has 0 atom stereocenters. The van der Waals surface area contributed by atoms with Crippen LogP contribution in [0.4, 0.5) is 5.95 Å². The Morgan fingerprint density at radius 3 is 2.47 bits per heavy atom. The minimum atomic E-state index is -3.48. The van der Waals surface area contributed by atoms with Gasteiger partial charge in [0.15, 0.2) is 0 Å². The number of hydrogen-bond acceptors (Lipinski definition) is 5. The van der Waals surface area contributed by atoms with Crippen LogP contribution in [0.1, 0.15) is 33.1 Å². The van der Waals surface area contributed by atoms with Crippen molar-refractivity contribution in [3.8, 4) is 0 Å². The van der Waals surface area contributed by atoms with Gasteiger partial charge in [-0.25, -0.2) is 23.1 Å². The van der Waals surface area contributed by atoms with Crippen LogP contribution in [0, 0.1) is 5.92 Å². The van der Waals surface area contributed by atoms with Crippen molar-refractivity contribution in [2.75, 3.05) is 11.9 Å². The molecule has 1 saturated carbocycles. The Morgan fingerprint density at radius 1 is 1.32 bits per heavy atom. The first-order valence-corrected chi connectivity index (χ1v) is 8.08. The topological polar surface area (TPSA) is 84.0 Å². The van der Waals surface area contributed by atoms with Gasteiger partial charge in [0.2, 0.25) is 16.0 Å². The van der Waals surface area contributed by atoms with E-state index in [0.717, 1.165) is 25.8 Å². The van der Waals surface area contributed by atoms with E-state index in [4.69, 9.17) is 0 Å². The van der Waals surface area contributed by atoms with Crippen molar-refractivity contribution in [3.63, 3.8) is 0 Å². The summed E-state index contributed by atoms with van der Waals surface area (Å²) in [6.07, 6.45) is 5.45. The highest BCUT2D eigenvalue weighted by atomic mass is 32.2. The van der Waals surface area contributed by atoms with Crippen molar-refractivity contribution in [2.45, 2.75) is 44.0 Å². The Hall–Kier alpha value is -1.21. The summed E-state index contributed by atoms with van der Waals surface area (Å²) in [7, 11) is -3.48. The van der Waals surface area contributed by atoms with Crippen molar-refractivity contribution in [1.82, 2.24) is 14.7 Å². The van der Waals surface area contributed by atoms with Gasteiger partial charge < -0.3 is 5.32 Å². The molecule has 0 bridgehead atoms. The van der Waals surface area contributed by atoms with E-state index >= 15 is 0 Å². The van der Waals surface area contributed by atoms with Gasteiger partial charge >= 0.3 is 0 Å². The van der Waals surface area contributed by atoms with Crippen molar-refractivity contribution in [3.05, 3.63) is 12.4 Å². The Labute approximate surface area is 114 Å². The third kappa shape index (κ3) is 3.63. The summed E-state index contributed by atoms with van der Waals surface area (Å²) in [5, 5.41) is 3.00. The van der Waals surface area contributed by atoms with Gasteiger partial charge in [0, 0.05) is 12.6 Å². The molecule has 6 nitrogen and oxygen atoms in total. The van der Waals surface area contributed by atoms with Crippen LogP contribution in [0.2, 0.25) is 0 Å². The van der Waals surface area contributed by atoms with Crippen LogP contribution >= 0.6 is 0 Å². The maximum atomic E-state index is 12.1. The second kappa shape index (κ2) is 5.83. The zero-order valence-corrected chi connectivity index (χ0v) is 12.1. The van der Waals surface area contributed by atoms with Crippen molar-refractivity contribution >= 4 is 16.0 Å². The standard InChI is InChI=1S/C12H20N4O2S/c1-3-4-13-12-14-7-11(8-15-12)19(17,18)16-10-5-9(2)6-10/h7-10,16H,3-6H2,1-2H3,(H,13,14,15). The van der Waals surface area contributed by atoms with Gasteiger partial charge in [-0.15, -0.1) is 0 Å². The zero-order chi connectivity index (χ0) is 13.9. The number of nitrogens with one attached hydrogen (secondary N) is 2. The lowest BCUT2D eigenvalue weighted by Crippen LogP contribution is -2.43. The molecule has 2 rings (SSSR count). The fourth-order valence-electron chi connectivity index (χ4n) is 2.07. The van der Waals surface area contributed by atoms with E-state index in [0.29, 0.717) is 11.9 Å². The molecule has 1 aromatic heterocycles. The van der Waals surface area contributed by atoms with Crippen molar-refractivity contribution in [1.29, 1.82) is 0 Å². The molecule has 0 spiro atoms. The minimum absolute atomic E-state index is 0.0536. The van der Waals surface area contributed by atoms with E-state index in [1.54, 1.807) is 0 Å². The predicted octanol–water partition coefficient (Wildman–Crippen LogP) is 1.38. The number of anilines is 1. The molecule has 0 radical (unpaired) electrons. The van der Waals surface area contributed by atoms with Crippen LogP contribution in [0.15, 0.2) is 17.3 Å². The summed E-state index contributed by atoms with van der Waals surface area (Å²) in [6, 6.07) is 0.0536. The lowest BCUT2D eigenvalue weighted by atomic mass is 9.83. The van der Waals surface area contributed by atoms with Crippen LogP contribution in [0.25, 0.3) is 0 Å². The molecule has 0 aliphatic heterocycles. The van der Waals surface area contributed by atoms with Gasteiger partial charge in [0.05, 0.1) is 12.4 Å². The molecule has 0 amide bonds. The summed E-state index contributed by atoms with van der Waals surface area (Å²) in [5.41, 5.74) is 0. The van der Waals surface area contributed by atoms with Crippen LogP contribution < -0.4 is 10.0 Å². The largest absolute Gasteiger partial charge is 0.354 e. The Bertz CT molecular complexity index is 509. The number of nitrogens with zero attached hydrogens (tertiary/aromatic N) is 2. The van der Waals surface area contributed by atoms with E-state index in [-0.39, 0.29) is 10.9 Å². The third-order valence-corrected chi connectivity index (χ3v) is 4.64. The number of hydrogen-bond donors (Lipinski definition) is 2. The summed E-state index contributed by atoms with van der Waals surface area (Å²) in [5.74, 6) is 1.06. The molecule has 106 valence electrons. The SMILES string of the molecule is CCCNc1ncc(S(=O)(=O)NC2CC(C)C2)cn1. The molecule has 1 aliphatic carbocycles. The first-order valence-electron chi connectivity index (χ1n) is 6.59. The number of aromatic nitrogens is 2. The Balaban J connectivity index is 1.99. The average Bonchev–Trinajstić information content (AvgIpc) is 2.35. The maximum Gasteiger partial charge on any atom is 0.243 e. The van der Waals surface area contributed by atoms with E-state index in [2.05, 4.69) is 26.9 Å². The van der Waals surface area contributed by atoms with Crippen LogP contribution in [0.5, 0.6) is 0 Å². The Kier molecular flexibility index (Phi) is 4.36. The molecular formula is C12H20N4O2S. The molecule has 1 aliphatic rings. The van der Waals surface area contributed by atoms with Gasteiger partial charge in [-0.3, -0.25) is 0 Å². The fourth-order valence-corrected chi connectivity index (χ4v) is 3.22. The van der Waals surface area contributed by atoms with E-state index in [9.17, 15) is 8.42 Å². The first-order chi connectivity index (χ1) is 9.01. The summed E-state index contributed by atoms with van der Waals surface area (Å²) in [6.45, 7) is 4.92. The van der Waals surface area contributed by atoms with Crippen LogP contribution in [0.3, 0.4) is 0 Å². The zero-order valence-electron chi connectivity index (χ0n) is 11.3. The highest BCUT2D eigenvalue weighted by Crippen LogP contribution is 2.27. The molecule has 7 heteroatoms. The molecule has 0 aromatic carbocycles. The lowest BCUT2D eigenvalue weighted by molar-refractivity contribution is 0.270.